The van der Waals surface area contributed by atoms with E-state index in [0.29, 0.717) is 12.5 Å². The molecule has 112 valence electrons. The van der Waals surface area contributed by atoms with Crippen molar-refractivity contribution in [1.82, 2.24) is 14.7 Å². The summed E-state index contributed by atoms with van der Waals surface area (Å²) in [5.74, 6) is 0.271. The zero-order chi connectivity index (χ0) is 14.7. The first-order chi connectivity index (χ1) is 9.52. The number of carbonyl (C=O) groups excluding carboxylic acids is 1. The number of piperidine rings is 1. The number of ketones is 1. The Kier molecular flexibility index (Phi) is 5.22. The van der Waals surface area contributed by atoms with Gasteiger partial charge < -0.3 is 0 Å². The van der Waals surface area contributed by atoms with Crippen LogP contribution in [0.3, 0.4) is 0 Å². The minimum atomic E-state index is 0.271. The van der Waals surface area contributed by atoms with E-state index >= 15 is 0 Å². The highest BCUT2D eigenvalue weighted by molar-refractivity contribution is 6.31. The molecule has 20 heavy (non-hydrogen) atoms. The van der Waals surface area contributed by atoms with Crippen LogP contribution < -0.4 is 0 Å². The van der Waals surface area contributed by atoms with Crippen LogP contribution in [0, 0.1) is 0 Å². The Morgan fingerprint density at radius 2 is 2.20 bits per heavy atom. The molecule has 0 spiro atoms. The molecule has 0 saturated carbocycles. The maximum Gasteiger partial charge on any atom is 0.131 e. The fourth-order valence-corrected chi connectivity index (χ4v) is 3.37. The van der Waals surface area contributed by atoms with E-state index in [0.717, 1.165) is 42.3 Å². The van der Waals surface area contributed by atoms with E-state index in [1.54, 1.807) is 6.92 Å². The van der Waals surface area contributed by atoms with Gasteiger partial charge in [0.25, 0.3) is 0 Å². The van der Waals surface area contributed by atoms with Crippen molar-refractivity contribution < 1.29 is 4.79 Å². The Labute approximate surface area is 126 Å². The average molecular weight is 298 g/mol. The zero-order valence-electron chi connectivity index (χ0n) is 12.7. The first-order valence-corrected chi connectivity index (χ1v) is 7.84. The molecule has 1 aromatic heterocycles. The van der Waals surface area contributed by atoms with Crippen molar-refractivity contribution in [3.8, 4) is 0 Å². The molecular formula is C15H24ClN3O. The summed E-state index contributed by atoms with van der Waals surface area (Å²) in [5.41, 5.74) is 2.03. The third-order valence-corrected chi connectivity index (χ3v) is 4.56. The first-order valence-electron chi connectivity index (χ1n) is 7.46. The van der Waals surface area contributed by atoms with Crippen molar-refractivity contribution in [3.05, 3.63) is 16.4 Å². The number of likely N-dealkylation sites (tertiary alicyclic amines) is 1. The molecule has 0 N–H and O–H groups in total. The van der Waals surface area contributed by atoms with Crippen molar-refractivity contribution in [2.75, 3.05) is 6.54 Å². The molecular weight excluding hydrogens is 274 g/mol. The smallest absolute Gasteiger partial charge is 0.131 e. The second-order valence-corrected chi connectivity index (χ2v) is 6.09. The molecule has 5 heteroatoms. The van der Waals surface area contributed by atoms with E-state index in [4.69, 9.17) is 11.6 Å². The van der Waals surface area contributed by atoms with Gasteiger partial charge in [0, 0.05) is 26.1 Å². The van der Waals surface area contributed by atoms with Gasteiger partial charge >= 0.3 is 0 Å². The fraction of sp³-hybridized carbons (Fsp3) is 0.733. The fourth-order valence-electron chi connectivity index (χ4n) is 3.02. The van der Waals surface area contributed by atoms with Crippen molar-refractivity contribution in [3.63, 3.8) is 0 Å². The largest absolute Gasteiger partial charge is 0.300 e. The SMILES string of the molecule is CCc1nn(C)c(CN2CCCCC2CC(C)=O)c1Cl. The van der Waals surface area contributed by atoms with E-state index < -0.39 is 0 Å². The predicted molar refractivity (Wildman–Crippen MR) is 80.9 cm³/mol. The molecule has 2 heterocycles. The van der Waals surface area contributed by atoms with Crippen molar-refractivity contribution in [2.24, 2.45) is 7.05 Å². The lowest BCUT2D eigenvalue weighted by Crippen LogP contribution is -2.40. The summed E-state index contributed by atoms with van der Waals surface area (Å²) in [4.78, 5) is 13.8. The van der Waals surface area contributed by atoms with Gasteiger partial charge in [0.1, 0.15) is 5.78 Å². The van der Waals surface area contributed by atoms with Gasteiger partial charge in [0.05, 0.1) is 16.4 Å². The minimum Gasteiger partial charge on any atom is -0.300 e. The topological polar surface area (TPSA) is 38.1 Å². The molecule has 1 aromatic rings. The molecule has 1 unspecified atom stereocenters. The highest BCUT2D eigenvalue weighted by Crippen LogP contribution is 2.26. The molecule has 0 amide bonds. The van der Waals surface area contributed by atoms with Crippen molar-refractivity contribution >= 4 is 17.4 Å². The van der Waals surface area contributed by atoms with Crippen LogP contribution in [0.4, 0.5) is 0 Å². The van der Waals surface area contributed by atoms with E-state index in [9.17, 15) is 4.79 Å². The summed E-state index contributed by atoms with van der Waals surface area (Å²) in [5, 5.41) is 5.26. The second kappa shape index (κ2) is 6.72. The quantitative estimate of drug-likeness (QED) is 0.838. The van der Waals surface area contributed by atoms with E-state index in [1.165, 1.54) is 12.8 Å². The molecule has 4 nitrogen and oxygen atoms in total. The van der Waals surface area contributed by atoms with Crippen LogP contribution in [-0.4, -0.2) is 33.1 Å². The summed E-state index contributed by atoms with van der Waals surface area (Å²) in [6.07, 6.45) is 5.02. The Morgan fingerprint density at radius 3 is 2.80 bits per heavy atom. The van der Waals surface area contributed by atoms with Gasteiger partial charge in [-0.2, -0.15) is 5.10 Å². The van der Waals surface area contributed by atoms with Gasteiger partial charge in [-0.25, -0.2) is 0 Å². The lowest BCUT2D eigenvalue weighted by molar-refractivity contribution is -0.118. The van der Waals surface area contributed by atoms with Gasteiger partial charge in [0.2, 0.25) is 0 Å². The number of nitrogens with zero attached hydrogens (tertiary/aromatic N) is 3. The van der Waals surface area contributed by atoms with Crippen molar-refractivity contribution in [2.45, 2.75) is 58.5 Å². The van der Waals surface area contributed by atoms with Gasteiger partial charge in [-0.1, -0.05) is 24.9 Å². The van der Waals surface area contributed by atoms with E-state index in [2.05, 4.69) is 16.9 Å². The van der Waals surface area contributed by atoms with Gasteiger partial charge in [-0.15, -0.1) is 0 Å². The number of aromatic nitrogens is 2. The highest BCUT2D eigenvalue weighted by Gasteiger charge is 2.26. The molecule has 0 aromatic carbocycles. The Hall–Kier alpha value is -0.870. The summed E-state index contributed by atoms with van der Waals surface area (Å²) in [6.45, 7) is 5.58. The third-order valence-electron chi connectivity index (χ3n) is 4.13. The molecule has 1 aliphatic rings. The Morgan fingerprint density at radius 1 is 1.45 bits per heavy atom. The standard InChI is InChI=1S/C15H24ClN3O/c1-4-13-15(16)14(18(3)17-13)10-19-8-6-5-7-12(19)9-11(2)20/h12H,4-10H2,1-3H3. The van der Waals surface area contributed by atoms with Crippen LogP contribution >= 0.6 is 11.6 Å². The zero-order valence-corrected chi connectivity index (χ0v) is 13.4. The molecule has 1 saturated heterocycles. The number of Topliss-reactive ketones (excluding diaryl/α,β-unsaturated/α-hetero) is 1. The lowest BCUT2D eigenvalue weighted by Gasteiger charge is -2.35. The van der Waals surface area contributed by atoms with Crippen LogP contribution in [0.5, 0.6) is 0 Å². The first kappa shape index (κ1) is 15.5. The maximum atomic E-state index is 11.4. The van der Waals surface area contributed by atoms with Crippen LogP contribution in [0.25, 0.3) is 0 Å². The summed E-state index contributed by atoms with van der Waals surface area (Å²) < 4.78 is 1.89. The molecule has 0 aliphatic carbocycles. The second-order valence-electron chi connectivity index (χ2n) is 5.71. The highest BCUT2D eigenvalue weighted by atomic mass is 35.5. The number of hydrogen-bond acceptors (Lipinski definition) is 3. The predicted octanol–water partition coefficient (Wildman–Crippen LogP) is 2.97. The molecule has 0 radical (unpaired) electrons. The summed E-state index contributed by atoms with van der Waals surface area (Å²) >= 11 is 6.43. The lowest BCUT2D eigenvalue weighted by atomic mass is 9.97. The number of aryl methyl sites for hydroxylation is 2. The molecule has 1 atom stereocenters. The van der Waals surface area contributed by atoms with Crippen LogP contribution in [0.15, 0.2) is 0 Å². The molecule has 0 bridgehead atoms. The average Bonchev–Trinajstić information content (AvgIpc) is 2.67. The van der Waals surface area contributed by atoms with E-state index in [-0.39, 0.29) is 5.78 Å². The molecule has 1 aliphatic heterocycles. The van der Waals surface area contributed by atoms with Crippen molar-refractivity contribution in [1.29, 1.82) is 0 Å². The van der Waals surface area contributed by atoms with Gasteiger partial charge in [-0.05, 0) is 32.7 Å². The van der Waals surface area contributed by atoms with Crippen LogP contribution in [-0.2, 0) is 24.8 Å². The van der Waals surface area contributed by atoms with Crippen LogP contribution in [0.1, 0.15) is 50.9 Å². The Balaban J connectivity index is 2.14. The molecule has 1 fully saturated rings. The van der Waals surface area contributed by atoms with Gasteiger partial charge in [-0.3, -0.25) is 14.4 Å². The van der Waals surface area contributed by atoms with Crippen LogP contribution in [0.2, 0.25) is 5.02 Å². The summed E-state index contributed by atoms with van der Waals surface area (Å²) in [6, 6.07) is 0.359. The number of carbonyl (C=O) groups is 1. The maximum absolute atomic E-state index is 11.4. The third kappa shape index (κ3) is 3.41. The monoisotopic (exact) mass is 297 g/mol. The van der Waals surface area contributed by atoms with Gasteiger partial charge in [0.15, 0.2) is 0 Å². The summed E-state index contributed by atoms with van der Waals surface area (Å²) in [7, 11) is 1.95. The van der Waals surface area contributed by atoms with E-state index in [1.807, 2.05) is 11.7 Å². The normalized spacial score (nSPS) is 20.3. The minimum absolute atomic E-state index is 0.271. The molecule has 2 rings (SSSR count). The number of halogens is 1. The number of rotatable bonds is 5. The Bertz CT molecular complexity index is 484. The number of hydrogen-bond donors (Lipinski definition) is 0.